The molecule has 10 nitrogen and oxygen atoms in total. The normalized spacial score (nSPS) is 14.5. The van der Waals surface area contributed by atoms with Gasteiger partial charge in [0.1, 0.15) is 62.9 Å². The first-order chi connectivity index (χ1) is 19.2. The van der Waals surface area contributed by atoms with Gasteiger partial charge in [-0.1, -0.05) is 12.1 Å². The fraction of sp³-hybridized carbons (Fsp3) is 0.0667. The van der Waals surface area contributed by atoms with Crippen molar-refractivity contribution in [2.24, 2.45) is 0 Å². The first-order valence-corrected chi connectivity index (χ1v) is 12.0. The van der Waals surface area contributed by atoms with Crippen LogP contribution in [0.5, 0.6) is 46.0 Å². The monoisotopic (exact) mass is 540 g/mol. The maximum atomic E-state index is 12.6. The molecule has 1 aliphatic heterocycles. The lowest BCUT2D eigenvalue weighted by atomic mass is 9.95. The van der Waals surface area contributed by atoms with E-state index in [2.05, 4.69) is 0 Å². The number of hydrogen-bond donors (Lipinski definition) is 5. The van der Waals surface area contributed by atoms with Crippen molar-refractivity contribution in [2.45, 2.75) is 12.5 Å². The Labute approximate surface area is 225 Å². The molecule has 0 amide bonds. The molecule has 6 rings (SSSR count). The zero-order valence-electron chi connectivity index (χ0n) is 20.5. The fourth-order valence-electron chi connectivity index (χ4n) is 4.63. The summed E-state index contributed by atoms with van der Waals surface area (Å²) in [6, 6.07) is 16.8. The molecule has 0 saturated heterocycles. The fourth-order valence-corrected chi connectivity index (χ4v) is 4.63. The second kappa shape index (κ2) is 9.28. The van der Waals surface area contributed by atoms with E-state index in [-0.39, 0.29) is 69.0 Å². The maximum Gasteiger partial charge on any atom is 0.197 e. The summed E-state index contributed by atoms with van der Waals surface area (Å²) < 4.78 is 17.4. The molecule has 200 valence electrons. The molecule has 0 spiro atoms. The number of aromatic hydroxyl groups is 5. The lowest BCUT2D eigenvalue weighted by Gasteiger charge is -2.26. The average molecular weight is 540 g/mol. The Morgan fingerprint density at radius 1 is 0.750 bits per heavy atom. The molecular formula is C30H20O10. The molecule has 0 unspecified atom stereocenters. The van der Waals surface area contributed by atoms with Crippen molar-refractivity contribution in [2.75, 3.05) is 0 Å². The van der Waals surface area contributed by atoms with Crippen LogP contribution in [0.2, 0.25) is 0 Å². The average Bonchev–Trinajstić information content (AvgIpc) is 2.89. The van der Waals surface area contributed by atoms with E-state index in [9.17, 15) is 35.1 Å². The highest BCUT2D eigenvalue weighted by Gasteiger charge is 2.30. The van der Waals surface area contributed by atoms with Gasteiger partial charge in [0.25, 0.3) is 0 Å². The lowest BCUT2D eigenvalue weighted by molar-refractivity contribution is 0.0845. The topological polar surface area (TPSA) is 167 Å². The van der Waals surface area contributed by atoms with E-state index in [0.717, 1.165) is 12.1 Å². The predicted octanol–water partition coefficient (Wildman–Crippen LogP) is 5.49. The van der Waals surface area contributed by atoms with Gasteiger partial charge in [-0.2, -0.15) is 0 Å². The van der Waals surface area contributed by atoms with Gasteiger partial charge < -0.3 is 39.4 Å². The number of ketones is 1. The number of Topliss-reactive ketones (excluding diaryl/α,β-unsaturated/α-hetero) is 1. The van der Waals surface area contributed by atoms with Crippen molar-refractivity contribution in [3.05, 3.63) is 94.1 Å². The molecule has 4 aromatic carbocycles. The summed E-state index contributed by atoms with van der Waals surface area (Å²) in [6.45, 7) is 0. The predicted molar refractivity (Wildman–Crippen MR) is 142 cm³/mol. The van der Waals surface area contributed by atoms with E-state index in [0.29, 0.717) is 16.9 Å². The van der Waals surface area contributed by atoms with Gasteiger partial charge in [0.15, 0.2) is 22.7 Å². The minimum atomic E-state index is -0.651. The van der Waals surface area contributed by atoms with Gasteiger partial charge >= 0.3 is 0 Å². The van der Waals surface area contributed by atoms with E-state index in [1.54, 1.807) is 24.3 Å². The molecular weight excluding hydrogens is 520 g/mol. The third-order valence-corrected chi connectivity index (χ3v) is 6.50. The molecule has 0 aliphatic carbocycles. The number of carbonyl (C=O) groups excluding carboxylic acids is 1. The Hall–Kier alpha value is -5.64. The highest BCUT2D eigenvalue weighted by atomic mass is 16.5. The van der Waals surface area contributed by atoms with Crippen LogP contribution in [0.3, 0.4) is 0 Å². The maximum absolute atomic E-state index is 12.6. The van der Waals surface area contributed by atoms with Crippen LogP contribution < -0.4 is 14.9 Å². The minimum absolute atomic E-state index is 0.0115. The molecule has 1 aliphatic rings. The van der Waals surface area contributed by atoms with Crippen LogP contribution in [0.25, 0.3) is 22.3 Å². The van der Waals surface area contributed by atoms with Crippen molar-refractivity contribution < 1.29 is 44.2 Å². The summed E-state index contributed by atoms with van der Waals surface area (Å²) in [5, 5.41) is 49.8. The molecule has 5 N–H and O–H groups in total. The standard InChI is InChI=1S/C30H20O10/c31-16-8-20(34)29-22(36)12-24(39-27(29)10-16)14-1-4-18(5-2-14)38-26-7-15(3-6-19(26)33)25-13-23(37)30-21(35)9-17(32)11-28(30)40-25/h1-11,13,24,31-35H,12H2/t24-/m1/s1. The molecule has 40 heavy (non-hydrogen) atoms. The van der Waals surface area contributed by atoms with E-state index in [4.69, 9.17) is 13.9 Å². The Bertz CT molecular complexity index is 1870. The zero-order chi connectivity index (χ0) is 28.1. The molecule has 0 bridgehead atoms. The van der Waals surface area contributed by atoms with Crippen molar-refractivity contribution in [1.82, 2.24) is 0 Å². The molecule has 0 radical (unpaired) electrons. The molecule has 0 fully saturated rings. The van der Waals surface area contributed by atoms with Crippen LogP contribution in [-0.4, -0.2) is 31.3 Å². The highest BCUT2D eigenvalue weighted by Crippen LogP contribution is 2.42. The third kappa shape index (κ3) is 4.37. The third-order valence-electron chi connectivity index (χ3n) is 6.50. The number of hydrogen-bond acceptors (Lipinski definition) is 10. The second-order valence-corrected chi connectivity index (χ2v) is 9.24. The van der Waals surface area contributed by atoms with Gasteiger partial charge in [0, 0.05) is 35.9 Å². The van der Waals surface area contributed by atoms with Gasteiger partial charge in [-0.3, -0.25) is 9.59 Å². The van der Waals surface area contributed by atoms with Crippen LogP contribution in [-0.2, 0) is 0 Å². The van der Waals surface area contributed by atoms with Gasteiger partial charge in [-0.05, 0) is 35.9 Å². The smallest absolute Gasteiger partial charge is 0.197 e. The Morgan fingerprint density at radius 2 is 1.48 bits per heavy atom. The first kappa shape index (κ1) is 24.7. The minimum Gasteiger partial charge on any atom is -0.508 e. The van der Waals surface area contributed by atoms with Crippen LogP contribution in [0.15, 0.2) is 82.0 Å². The first-order valence-electron chi connectivity index (χ1n) is 12.0. The summed E-state index contributed by atoms with van der Waals surface area (Å²) in [5.41, 5.74) is 0.543. The van der Waals surface area contributed by atoms with Gasteiger partial charge in [0.05, 0.1) is 6.42 Å². The number of phenolic OH excluding ortho intramolecular Hbond substituents is 5. The van der Waals surface area contributed by atoms with E-state index in [1.807, 2.05) is 0 Å². The SMILES string of the molecule is O=C1C[C@H](c2ccc(Oc3cc(-c4cc(=O)c5c(O)cc(O)cc5o4)ccc3O)cc2)Oc2cc(O)cc(O)c21. The zero-order valence-corrected chi connectivity index (χ0v) is 20.5. The number of phenols is 5. The molecule has 10 heteroatoms. The van der Waals surface area contributed by atoms with Gasteiger partial charge in [-0.15, -0.1) is 0 Å². The number of rotatable bonds is 4. The van der Waals surface area contributed by atoms with Crippen LogP contribution >= 0.6 is 0 Å². The van der Waals surface area contributed by atoms with Crippen LogP contribution in [0.4, 0.5) is 0 Å². The Morgan fingerprint density at radius 3 is 2.25 bits per heavy atom. The van der Waals surface area contributed by atoms with Crippen molar-refractivity contribution >= 4 is 16.8 Å². The molecule has 5 aromatic rings. The summed E-state index contributed by atoms with van der Waals surface area (Å²) in [5.74, 6) is -1.12. The Balaban J connectivity index is 1.26. The number of carbonyl (C=O) groups is 1. The Kier molecular flexibility index (Phi) is 5.73. The largest absolute Gasteiger partial charge is 0.508 e. The summed E-state index contributed by atoms with van der Waals surface area (Å²) in [4.78, 5) is 25.2. The summed E-state index contributed by atoms with van der Waals surface area (Å²) >= 11 is 0. The summed E-state index contributed by atoms with van der Waals surface area (Å²) in [7, 11) is 0. The number of benzene rings is 4. The second-order valence-electron chi connectivity index (χ2n) is 9.24. The van der Waals surface area contributed by atoms with E-state index < -0.39 is 17.3 Å². The van der Waals surface area contributed by atoms with Crippen molar-refractivity contribution in [1.29, 1.82) is 0 Å². The van der Waals surface area contributed by atoms with Crippen molar-refractivity contribution in [3.8, 4) is 57.3 Å². The quantitative estimate of drug-likeness (QED) is 0.197. The number of fused-ring (bicyclic) bond motifs is 2. The van der Waals surface area contributed by atoms with E-state index >= 15 is 0 Å². The summed E-state index contributed by atoms with van der Waals surface area (Å²) in [6.07, 6.45) is -0.664. The lowest BCUT2D eigenvalue weighted by Crippen LogP contribution is -2.20. The van der Waals surface area contributed by atoms with Crippen LogP contribution in [0.1, 0.15) is 28.4 Å². The van der Waals surface area contributed by atoms with Crippen molar-refractivity contribution in [3.63, 3.8) is 0 Å². The van der Waals surface area contributed by atoms with Crippen LogP contribution in [0, 0.1) is 0 Å². The van der Waals surface area contributed by atoms with E-state index in [1.165, 1.54) is 36.4 Å². The van der Waals surface area contributed by atoms with Gasteiger partial charge in [-0.25, -0.2) is 0 Å². The molecule has 1 aromatic heterocycles. The molecule has 0 saturated carbocycles. The number of ether oxygens (including phenoxy) is 2. The highest BCUT2D eigenvalue weighted by molar-refractivity contribution is 6.02. The van der Waals surface area contributed by atoms with Gasteiger partial charge in [0.2, 0.25) is 0 Å². The molecule has 1 atom stereocenters. The molecule has 2 heterocycles.